The Morgan fingerprint density at radius 1 is 0.396 bits per heavy atom. The second-order valence-corrected chi connectivity index (χ2v) is 13.7. The average molecular weight is 677 g/mol. The number of aromatic nitrogens is 1. The fourth-order valence-electron chi connectivity index (χ4n) is 8.29. The average Bonchev–Trinajstić information content (AvgIpc) is 3.78. The van der Waals surface area contributed by atoms with E-state index in [4.69, 9.17) is 4.42 Å². The third-order valence-electron chi connectivity index (χ3n) is 10.7. The Kier molecular flexibility index (Phi) is 6.55. The molecule has 2 heterocycles. The molecule has 0 N–H and O–H groups in total. The largest absolute Gasteiger partial charge is 0.456 e. The maximum absolute atomic E-state index is 6.42. The van der Waals surface area contributed by atoms with Crippen molar-refractivity contribution in [3.05, 3.63) is 194 Å². The van der Waals surface area contributed by atoms with E-state index in [-0.39, 0.29) is 0 Å². The van der Waals surface area contributed by atoms with E-state index in [1.54, 1.807) is 0 Å². The van der Waals surface area contributed by atoms with Gasteiger partial charge in [-0.2, -0.15) is 0 Å². The van der Waals surface area contributed by atoms with E-state index in [0.717, 1.165) is 44.7 Å². The van der Waals surface area contributed by atoms with Crippen molar-refractivity contribution in [1.82, 2.24) is 4.57 Å². The number of rotatable bonds is 5. The summed E-state index contributed by atoms with van der Waals surface area (Å²) in [5, 5.41) is 9.56. The highest BCUT2D eigenvalue weighted by molar-refractivity contribution is 6.20. The molecular weight excluding hydrogens is 645 g/mol. The van der Waals surface area contributed by atoms with Gasteiger partial charge in [-0.15, -0.1) is 0 Å². The maximum Gasteiger partial charge on any atom is 0.137 e. The number of para-hydroxylation sites is 3. The first-order chi connectivity index (χ1) is 26.3. The molecule has 0 bridgehead atoms. The van der Waals surface area contributed by atoms with E-state index in [2.05, 4.69) is 198 Å². The molecule has 11 rings (SSSR count). The molecule has 0 aliphatic heterocycles. The summed E-state index contributed by atoms with van der Waals surface area (Å²) in [7, 11) is 0. The number of nitrogens with zero attached hydrogens (tertiary/aromatic N) is 2. The van der Waals surface area contributed by atoms with Crippen LogP contribution in [0.5, 0.6) is 0 Å². The van der Waals surface area contributed by atoms with E-state index < -0.39 is 0 Å². The minimum Gasteiger partial charge on any atom is -0.456 e. The lowest BCUT2D eigenvalue weighted by atomic mass is 10.0. The summed E-state index contributed by atoms with van der Waals surface area (Å²) in [5.74, 6) is 0. The number of benzene rings is 9. The number of fused-ring (bicyclic) bond motifs is 9. The SMILES string of the molecule is c1ccc(-n2c3ccccc3c3ccc4ccc(N(c5ccc(-c6ccc7ccccc7c6)cc5)c5cccc6oc7ccccc7c56)cc4c32)cc1. The molecule has 0 spiro atoms. The van der Waals surface area contributed by atoms with E-state index >= 15 is 0 Å². The first-order valence-electron chi connectivity index (χ1n) is 18.1. The van der Waals surface area contributed by atoms with Crippen LogP contribution in [0.1, 0.15) is 0 Å². The molecule has 0 saturated heterocycles. The molecule has 0 saturated carbocycles. The molecular formula is C50H32N2O. The van der Waals surface area contributed by atoms with Crippen molar-refractivity contribution in [2.45, 2.75) is 0 Å². The molecule has 53 heavy (non-hydrogen) atoms. The van der Waals surface area contributed by atoms with E-state index in [0.29, 0.717) is 0 Å². The van der Waals surface area contributed by atoms with Crippen LogP contribution in [0.3, 0.4) is 0 Å². The van der Waals surface area contributed by atoms with Crippen molar-refractivity contribution in [3.63, 3.8) is 0 Å². The lowest BCUT2D eigenvalue weighted by Crippen LogP contribution is -2.10. The Hall–Kier alpha value is -7.10. The van der Waals surface area contributed by atoms with Crippen LogP contribution in [0.4, 0.5) is 17.1 Å². The molecule has 248 valence electrons. The predicted molar refractivity (Wildman–Crippen MR) is 223 cm³/mol. The van der Waals surface area contributed by atoms with E-state index in [1.165, 1.54) is 54.5 Å². The van der Waals surface area contributed by atoms with Gasteiger partial charge in [-0.05, 0) is 94.0 Å². The first kappa shape index (κ1) is 29.6. The summed E-state index contributed by atoms with van der Waals surface area (Å²) in [6, 6.07) is 69.8. The lowest BCUT2D eigenvalue weighted by Gasteiger charge is -2.27. The quantitative estimate of drug-likeness (QED) is 0.181. The smallest absolute Gasteiger partial charge is 0.137 e. The molecule has 0 fully saturated rings. The first-order valence-corrected chi connectivity index (χ1v) is 18.1. The predicted octanol–water partition coefficient (Wildman–Crippen LogP) is 14.1. The van der Waals surface area contributed by atoms with E-state index in [1.807, 2.05) is 6.07 Å². The fourth-order valence-corrected chi connectivity index (χ4v) is 8.29. The van der Waals surface area contributed by atoms with Gasteiger partial charge in [0.25, 0.3) is 0 Å². The Labute approximate surface area is 306 Å². The number of hydrogen-bond donors (Lipinski definition) is 0. The normalized spacial score (nSPS) is 11.8. The molecule has 0 radical (unpaired) electrons. The Bertz CT molecular complexity index is 3170. The highest BCUT2D eigenvalue weighted by atomic mass is 16.3. The van der Waals surface area contributed by atoms with Crippen LogP contribution >= 0.6 is 0 Å². The van der Waals surface area contributed by atoms with Gasteiger partial charge in [-0.25, -0.2) is 0 Å². The van der Waals surface area contributed by atoms with Gasteiger partial charge in [0.05, 0.1) is 22.1 Å². The van der Waals surface area contributed by atoms with Gasteiger partial charge < -0.3 is 13.9 Å². The van der Waals surface area contributed by atoms with Crippen LogP contribution in [0, 0.1) is 0 Å². The monoisotopic (exact) mass is 676 g/mol. The van der Waals surface area contributed by atoms with Crippen LogP contribution in [0.25, 0.3) is 82.1 Å². The van der Waals surface area contributed by atoms with Crippen molar-refractivity contribution in [2.75, 3.05) is 4.90 Å². The fraction of sp³-hybridized carbons (Fsp3) is 0. The van der Waals surface area contributed by atoms with Crippen molar-refractivity contribution < 1.29 is 4.42 Å². The Morgan fingerprint density at radius 3 is 1.96 bits per heavy atom. The van der Waals surface area contributed by atoms with Gasteiger partial charge >= 0.3 is 0 Å². The van der Waals surface area contributed by atoms with Gasteiger partial charge in [0.2, 0.25) is 0 Å². The molecule has 0 unspecified atom stereocenters. The zero-order valence-corrected chi connectivity index (χ0v) is 28.8. The highest BCUT2D eigenvalue weighted by Gasteiger charge is 2.21. The van der Waals surface area contributed by atoms with Gasteiger partial charge in [0.1, 0.15) is 11.2 Å². The van der Waals surface area contributed by atoms with Crippen LogP contribution in [-0.4, -0.2) is 4.57 Å². The van der Waals surface area contributed by atoms with Crippen LogP contribution in [0.2, 0.25) is 0 Å². The minimum absolute atomic E-state index is 0.869. The van der Waals surface area contributed by atoms with Crippen LogP contribution in [-0.2, 0) is 0 Å². The third-order valence-corrected chi connectivity index (χ3v) is 10.7. The summed E-state index contributed by atoms with van der Waals surface area (Å²) in [4.78, 5) is 2.39. The van der Waals surface area contributed by atoms with Crippen molar-refractivity contribution in [1.29, 1.82) is 0 Å². The molecule has 0 amide bonds. The lowest BCUT2D eigenvalue weighted by molar-refractivity contribution is 0.669. The van der Waals surface area contributed by atoms with Crippen molar-refractivity contribution in [3.8, 4) is 16.8 Å². The summed E-state index contributed by atoms with van der Waals surface area (Å²) in [6.07, 6.45) is 0. The molecule has 3 heteroatoms. The number of furan rings is 1. The van der Waals surface area contributed by atoms with Crippen LogP contribution in [0.15, 0.2) is 199 Å². The van der Waals surface area contributed by atoms with Crippen molar-refractivity contribution >= 4 is 82.4 Å². The molecule has 11 aromatic rings. The van der Waals surface area contributed by atoms with Gasteiger partial charge in [-0.1, -0.05) is 127 Å². The second-order valence-electron chi connectivity index (χ2n) is 13.7. The Morgan fingerprint density at radius 2 is 1.08 bits per heavy atom. The van der Waals surface area contributed by atoms with Gasteiger partial charge in [-0.3, -0.25) is 0 Å². The molecule has 2 aromatic heterocycles. The summed E-state index contributed by atoms with van der Waals surface area (Å²) in [5.41, 5.74) is 10.9. The molecule has 0 aliphatic carbocycles. The summed E-state index contributed by atoms with van der Waals surface area (Å²) >= 11 is 0. The van der Waals surface area contributed by atoms with Gasteiger partial charge in [0, 0.05) is 38.6 Å². The maximum atomic E-state index is 6.42. The minimum atomic E-state index is 0.869. The molecule has 9 aromatic carbocycles. The summed E-state index contributed by atoms with van der Waals surface area (Å²) < 4.78 is 8.84. The van der Waals surface area contributed by atoms with Gasteiger partial charge in [0.15, 0.2) is 0 Å². The topological polar surface area (TPSA) is 21.3 Å². The molecule has 0 atom stereocenters. The molecule has 0 aliphatic rings. The molecule has 3 nitrogen and oxygen atoms in total. The summed E-state index contributed by atoms with van der Waals surface area (Å²) in [6.45, 7) is 0. The Balaban J connectivity index is 1.17. The number of hydrogen-bond acceptors (Lipinski definition) is 2. The van der Waals surface area contributed by atoms with E-state index in [9.17, 15) is 0 Å². The zero-order valence-electron chi connectivity index (χ0n) is 28.8. The standard InChI is InChI=1S/C50H32N2O/c1-2-13-38(14-3-1)52-45-17-8-6-15-41(45)42-30-26-35-25-29-40(32-44(35)50(42)52)51(46-18-10-20-48-49(46)43-16-7-9-19-47(43)53-48)39-27-23-34(24-28-39)37-22-21-33-11-4-5-12-36(33)31-37/h1-32H. The number of anilines is 3. The third kappa shape index (κ3) is 4.68. The zero-order chi connectivity index (χ0) is 34.9. The van der Waals surface area contributed by atoms with Crippen molar-refractivity contribution in [2.24, 2.45) is 0 Å². The second kappa shape index (κ2) is 11.7. The highest BCUT2D eigenvalue weighted by Crippen LogP contribution is 2.45. The van der Waals surface area contributed by atoms with Crippen LogP contribution < -0.4 is 4.90 Å².